The molecule has 132 valence electrons. The van der Waals surface area contributed by atoms with E-state index in [9.17, 15) is 10.2 Å². The van der Waals surface area contributed by atoms with E-state index in [2.05, 4.69) is 25.2 Å². The molecular weight excluding hydrogens is 292 g/mol. The fourth-order valence-corrected chi connectivity index (χ4v) is 2.39. The number of nitrogens with zero attached hydrogens (tertiary/aromatic N) is 1. The highest BCUT2D eigenvalue weighted by molar-refractivity contribution is 5.69. The molecule has 0 aliphatic rings. The second-order valence-electron chi connectivity index (χ2n) is 6.16. The summed E-state index contributed by atoms with van der Waals surface area (Å²) >= 11 is 0. The van der Waals surface area contributed by atoms with Crippen LogP contribution >= 0.6 is 0 Å². The minimum absolute atomic E-state index is 0.0100. The van der Waals surface area contributed by atoms with Gasteiger partial charge in [0, 0.05) is 37.3 Å². The molecule has 0 aliphatic carbocycles. The molecule has 0 amide bonds. The van der Waals surface area contributed by atoms with Crippen LogP contribution in [0.15, 0.2) is 12.1 Å². The number of hydrogen-bond acceptors (Lipinski definition) is 5. The zero-order chi connectivity index (χ0) is 17.4. The summed E-state index contributed by atoms with van der Waals surface area (Å²) in [5.41, 5.74) is 12.9. The predicted octanol–water partition coefficient (Wildman–Crippen LogP) is 1.61. The van der Waals surface area contributed by atoms with E-state index in [0.717, 1.165) is 25.0 Å². The average molecular weight is 324 g/mol. The van der Waals surface area contributed by atoms with Crippen LogP contribution in [0.3, 0.4) is 0 Å². The lowest BCUT2D eigenvalue weighted by Crippen LogP contribution is -2.33. The number of nitrogens with one attached hydrogen (secondary N) is 1. The van der Waals surface area contributed by atoms with Gasteiger partial charge in [0.1, 0.15) is 0 Å². The number of allylic oxidation sites excluding steroid dienone is 2. The zero-order valence-corrected chi connectivity index (χ0v) is 14.5. The Kier molecular flexibility index (Phi) is 8.16. The quantitative estimate of drug-likeness (QED) is 0.420. The fraction of sp³-hybridized carbons (Fsp3) is 0.647. The Labute approximate surface area is 139 Å². The summed E-state index contributed by atoms with van der Waals surface area (Å²) in [6, 6.07) is 1.63. The van der Waals surface area contributed by atoms with Crippen LogP contribution in [0.2, 0.25) is 0 Å². The summed E-state index contributed by atoms with van der Waals surface area (Å²) in [4.78, 5) is 0. The van der Waals surface area contributed by atoms with Gasteiger partial charge in [-0.15, -0.1) is 0 Å². The monoisotopic (exact) mass is 324 g/mol. The van der Waals surface area contributed by atoms with E-state index in [1.54, 1.807) is 6.07 Å². The van der Waals surface area contributed by atoms with Gasteiger partial charge in [-0.25, -0.2) is 0 Å². The van der Waals surface area contributed by atoms with Gasteiger partial charge in [-0.1, -0.05) is 26.3 Å². The SMILES string of the molecule is CCC(C)C=C(C)c1cc(O)n(CCNCCC(N)CN)c1O. The van der Waals surface area contributed by atoms with Crippen molar-refractivity contribution < 1.29 is 10.2 Å². The van der Waals surface area contributed by atoms with Gasteiger partial charge in [0.25, 0.3) is 0 Å². The molecule has 0 radical (unpaired) electrons. The number of nitrogens with two attached hydrogens (primary N) is 2. The largest absolute Gasteiger partial charge is 0.494 e. The van der Waals surface area contributed by atoms with Crippen molar-refractivity contribution in [3.63, 3.8) is 0 Å². The number of aromatic nitrogens is 1. The van der Waals surface area contributed by atoms with Crippen molar-refractivity contribution in [1.29, 1.82) is 0 Å². The van der Waals surface area contributed by atoms with E-state index in [1.807, 2.05) is 6.92 Å². The van der Waals surface area contributed by atoms with Gasteiger partial charge < -0.3 is 27.0 Å². The Hall–Kier alpha value is -1.50. The Bertz CT molecular complexity index is 511. The van der Waals surface area contributed by atoms with Gasteiger partial charge in [-0.05, 0) is 31.4 Å². The first-order chi connectivity index (χ1) is 10.9. The van der Waals surface area contributed by atoms with E-state index in [4.69, 9.17) is 11.5 Å². The highest BCUT2D eigenvalue weighted by Gasteiger charge is 2.15. The van der Waals surface area contributed by atoms with Crippen LogP contribution in [0.1, 0.15) is 39.2 Å². The molecule has 1 aromatic rings. The van der Waals surface area contributed by atoms with Crippen molar-refractivity contribution in [3.05, 3.63) is 17.7 Å². The first kappa shape index (κ1) is 19.5. The van der Waals surface area contributed by atoms with Crippen LogP contribution in [0.5, 0.6) is 11.8 Å². The molecule has 7 N–H and O–H groups in total. The summed E-state index contributed by atoms with van der Waals surface area (Å²) < 4.78 is 1.51. The van der Waals surface area contributed by atoms with Gasteiger partial charge in [0.05, 0.1) is 0 Å². The average Bonchev–Trinajstić information content (AvgIpc) is 2.81. The van der Waals surface area contributed by atoms with Crippen LogP contribution in [0.4, 0.5) is 0 Å². The molecule has 2 unspecified atom stereocenters. The van der Waals surface area contributed by atoms with Crippen LogP contribution in [-0.2, 0) is 6.54 Å². The number of hydrogen-bond donors (Lipinski definition) is 5. The van der Waals surface area contributed by atoms with Crippen molar-refractivity contribution in [2.45, 2.75) is 46.2 Å². The summed E-state index contributed by atoms with van der Waals surface area (Å²) in [5, 5.41) is 23.6. The first-order valence-corrected chi connectivity index (χ1v) is 8.37. The van der Waals surface area contributed by atoms with Crippen molar-refractivity contribution in [3.8, 4) is 11.8 Å². The molecule has 0 saturated carbocycles. The third-order valence-electron chi connectivity index (χ3n) is 4.16. The second kappa shape index (κ2) is 9.60. The van der Waals surface area contributed by atoms with Gasteiger partial charge in [-0.3, -0.25) is 4.57 Å². The molecule has 0 saturated heterocycles. The Morgan fingerprint density at radius 2 is 2.09 bits per heavy atom. The maximum absolute atomic E-state index is 10.3. The molecule has 2 atom stereocenters. The molecular formula is C17H32N4O2. The van der Waals surface area contributed by atoms with Crippen molar-refractivity contribution in [2.75, 3.05) is 19.6 Å². The molecule has 1 aromatic heterocycles. The minimum atomic E-state index is 0.0100. The van der Waals surface area contributed by atoms with Crippen molar-refractivity contribution in [2.24, 2.45) is 17.4 Å². The summed E-state index contributed by atoms with van der Waals surface area (Å²) in [6.07, 6.45) is 3.97. The Morgan fingerprint density at radius 1 is 1.39 bits per heavy atom. The molecule has 6 heteroatoms. The van der Waals surface area contributed by atoms with Crippen molar-refractivity contribution >= 4 is 5.57 Å². The molecule has 6 nitrogen and oxygen atoms in total. The van der Waals surface area contributed by atoms with E-state index in [-0.39, 0.29) is 17.8 Å². The fourth-order valence-electron chi connectivity index (χ4n) is 2.39. The lowest BCUT2D eigenvalue weighted by atomic mass is 10.0. The summed E-state index contributed by atoms with van der Waals surface area (Å²) in [6.45, 7) is 8.59. The molecule has 23 heavy (non-hydrogen) atoms. The zero-order valence-electron chi connectivity index (χ0n) is 14.5. The second-order valence-corrected chi connectivity index (χ2v) is 6.16. The van der Waals surface area contributed by atoms with E-state index in [1.165, 1.54) is 4.57 Å². The van der Waals surface area contributed by atoms with E-state index >= 15 is 0 Å². The van der Waals surface area contributed by atoms with Crippen LogP contribution in [-0.4, -0.2) is 40.5 Å². The van der Waals surface area contributed by atoms with Gasteiger partial charge in [0.15, 0.2) is 5.88 Å². The highest BCUT2D eigenvalue weighted by atomic mass is 16.3. The Morgan fingerprint density at radius 3 is 2.70 bits per heavy atom. The third-order valence-corrected chi connectivity index (χ3v) is 4.16. The highest BCUT2D eigenvalue weighted by Crippen LogP contribution is 2.33. The van der Waals surface area contributed by atoms with Gasteiger partial charge >= 0.3 is 0 Å². The Balaban J connectivity index is 2.62. The molecule has 0 aliphatic heterocycles. The lowest BCUT2D eigenvalue weighted by Gasteiger charge is -2.11. The smallest absolute Gasteiger partial charge is 0.201 e. The lowest BCUT2D eigenvalue weighted by molar-refractivity contribution is 0.364. The summed E-state index contributed by atoms with van der Waals surface area (Å²) in [5.74, 6) is 0.628. The maximum atomic E-state index is 10.3. The third kappa shape index (κ3) is 5.89. The van der Waals surface area contributed by atoms with Crippen LogP contribution in [0, 0.1) is 5.92 Å². The normalized spacial score (nSPS) is 14.9. The van der Waals surface area contributed by atoms with E-state index < -0.39 is 0 Å². The standard InChI is InChI=1S/C17H32N4O2/c1-4-12(2)9-13(3)15-10-16(22)21(17(15)23)8-7-20-6-5-14(19)11-18/h9-10,12,14,20,22-23H,4-8,11,18-19H2,1-3H3. The van der Waals surface area contributed by atoms with Crippen molar-refractivity contribution in [1.82, 2.24) is 9.88 Å². The molecule has 0 spiro atoms. The minimum Gasteiger partial charge on any atom is -0.494 e. The predicted molar refractivity (Wildman–Crippen MR) is 95.4 cm³/mol. The maximum Gasteiger partial charge on any atom is 0.201 e. The first-order valence-electron chi connectivity index (χ1n) is 8.37. The van der Waals surface area contributed by atoms with Crippen LogP contribution in [0.25, 0.3) is 5.57 Å². The van der Waals surface area contributed by atoms with Crippen LogP contribution < -0.4 is 16.8 Å². The van der Waals surface area contributed by atoms with Gasteiger partial charge in [0.2, 0.25) is 5.88 Å². The molecule has 0 aromatic carbocycles. The molecule has 0 bridgehead atoms. The number of rotatable bonds is 10. The van der Waals surface area contributed by atoms with E-state index in [0.29, 0.717) is 31.1 Å². The topological polar surface area (TPSA) is 109 Å². The van der Waals surface area contributed by atoms with Gasteiger partial charge in [-0.2, -0.15) is 0 Å². The summed E-state index contributed by atoms with van der Waals surface area (Å²) in [7, 11) is 0. The molecule has 0 fully saturated rings. The molecule has 1 rings (SSSR count). The number of aromatic hydroxyl groups is 2. The molecule has 1 heterocycles.